The number of methoxy groups -OCH3 is 1. The molecular formula is C15H15BrN2O2. The van der Waals surface area contributed by atoms with Gasteiger partial charge in [-0.2, -0.15) is 0 Å². The Hall–Kier alpha value is -2.01. The Morgan fingerprint density at radius 2 is 1.95 bits per heavy atom. The predicted octanol–water partition coefficient (Wildman–Crippen LogP) is 3.10. The van der Waals surface area contributed by atoms with Crippen LogP contribution in [0.2, 0.25) is 0 Å². The van der Waals surface area contributed by atoms with Crippen LogP contribution in [-0.2, 0) is 4.79 Å². The van der Waals surface area contributed by atoms with Crippen LogP contribution >= 0.6 is 15.9 Å². The SMILES string of the molecule is COc1cccc(N[C@H](C(N)=O)c2ccc(Br)cc2)c1. The minimum absolute atomic E-state index is 0.435. The lowest BCUT2D eigenvalue weighted by atomic mass is 10.1. The Balaban J connectivity index is 2.25. The molecule has 1 atom stereocenters. The van der Waals surface area contributed by atoms with Crippen LogP contribution < -0.4 is 15.8 Å². The van der Waals surface area contributed by atoms with Gasteiger partial charge in [0.2, 0.25) is 5.91 Å². The molecule has 0 aliphatic carbocycles. The zero-order chi connectivity index (χ0) is 14.5. The third-order valence-corrected chi connectivity index (χ3v) is 3.40. The third-order valence-electron chi connectivity index (χ3n) is 2.87. The van der Waals surface area contributed by atoms with E-state index in [1.165, 1.54) is 0 Å². The maximum Gasteiger partial charge on any atom is 0.244 e. The van der Waals surface area contributed by atoms with Crippen LogP contribution in [0.1, 0.15) is 11.6 Å². The Kier molecular flexibility index (Phi) is 4.63. The van der Waals surface area contributed by atoms with E-state index in [1.807, 2.05) is 48.5 Å². The molecule has 2 rings (SSSR count). The topological polar surface area (TPSA) is 64.3 Å². The number of nitrogens with two attached hydrogens (primary N) is 1. The summed E-state index contributed by atoms with van der Waals surface area (Å²) >= 11 is 3.36. The number of carbonyl (C=O) groups excluding carboxylic acids is 1. The van der Waals surface area contributed by atoms with Crippen LogP contribution in [0.25, 0.3) is 0 Å². The summed E-state index contributed by atoms with van der Waals surface area (Å²) in [7, 11) is 1.60. The number of benzene rings is 2. The minimum atomic E-state index is -0.588. The van der Waals surface area contributed by atoms with Crippen molar-refractivity contribution in [1.29, 1.82) is 0 Å². The van der Waals surface area contributed by atoms with Gasteiger partial charge in [-0.05, 0) is 29.8 Å². The molecule has 0 fully saturated rings. The van der Waals surface area contributed by atoms with Crippen molar-refractivity contribution in [3.05, 3.63) is 58.6 Å². The summed E-state index contributed by atoms with van der Waals surface area (Å²) in [6.07, 6.45) is 0. The van der Waals surface area contributed by atoms with E-state index >= 15 is 0 Å². The first-order chi connectivity index (χ1) is 9.60. The van der Waals surface area contributed by atoms with E-state index in [0.717, 1.165) is 15.7 Å². The van der Waals surface area contributed by atoms with Crippen molar-refractivity contribution in [2.75, 3.05) is 12.4 Å². The maximum atomic E-state index is 11.7. The Morgan fingerprint density at radius 1 is 1.25 bits per heavy atom. The van der Waals surface area contributed by atoms with Gasteiger partial charge in [0.05, 0.1) is 7.11 Å². The van der Waals surface area contributed by atoms with Gasteiger partial charge in [0.15, 0.2) is 0 Å². The lowest BCUT2D eigenvalue weighted by Gasteiger charge is -2.17. The molecule has 0 heterocycles. The fraction of sp³-hybridized carbons (Fsp3) is 0.133. The van der Waals surface area contributed by atoms with Crippen molar-refractivity contribution in [3.63, 3.8) is 0 Å². The van der Waals surface area contributed by atoms with Crippen molar-refractivity contribution in [2.24, 2.45) is 5.73 Å². The molecule has 0 radical (unpaired) electrons. The first-order valence-corrected chi connectivity index (χ1v) is 6.85. The molecule has 0 unspecified atom stereocenters. The molecule has 0 spiro atoms. The van der Waals surface area contributed by atoms with E-state index < -0.39 is 11.9 Å². The van der Waals surface area contributed by atoms with Crippen molar-refractivity contribution in [2.45, 2.75) is 6.04 Å². The third kappa shape index (κ3) is 3.51. The van der Waals surface area contributed by atoms with Crippen LogP contribution in [0.5, 0.6) is 5.75 Å². The number of carbonyl (C=O) groups is 1. The van der Waals surface area contributed by atoms with Crippen LogP contribution in [-0.4, -0.2) is 13.0 Å². The normalized spacial score (nSPS) is 11.7. The molecular weight excluding hydrogens is 320 g/mol. The fourth-order valence-electron chi connectivity index (χ4n) is 1.85. The number of amides is 1. The summed E-state index contributed by atoms with van der Waals surface area (Å²) in [6.45, 7) is 0. The lowest BCUT2D eigenvalue weighted by molar-refractivity contribution is -0.118. The lowest BCUT2D eigenvalue weighted by Crippen LogP contribution is -2.27. The van der Waals surface area contributed by atoms with Gasteiger partial charge in [0, 0.05) is 16.2 Å². The molecule has 2 aromatic rings. The fourth-order valence-corrected chi connectivity index (χ4v) is 2.12. The first kappa shape index (κ1) is 14.4. The summed E-state index contributed by atoms with van der Waals surface area (Å²) < 4.78 is 6.11. The molecule has 104 valence electrons. The monoisotopic (exact) mass is 334 g/mol. The van der Waals surface area contributed by atoms with Gasteiger partial charge in [-0.25, -0.2) is 0 Å². The predicted molar refractivity (Wildman–Crippen MR) is 82.7 cm³/mol. The highest BCUT2D eigenvalue weighted by Crippen LogP contribution is 2.24. The molecule has 1 amide bonds. The van der Waals surface area contributed by atoms with Crippen molar-refractivity contribution in [1.82, 2.24) is 0 Å². The minimum Gasteiger partial charge on any atom is -0.497 e. The van der Waals surface area contributed by atoms with Gasteiger partial charge in [-0.1, -0.05) is 34.1 Å². The number of rotatable bonds is 5. The Labute approximate surface area is 126 Å². The van der Waals surface area contributed by atoms with Gasteiger partial charge in [0.25, 0.3) is 0 Å². The number of primary amides is 1. The van der Waals surface area contributed by atoms with E-state index in [-0.39, 0.29) is 0 Å². The van der Waals surface area contributed by atoms with E-state index in [4.69, 9.17) is 10.5 Å². The highest BCUT2D eigenvalue weighted by Gasteiger charge is 2.17. The van der Waals surface area contributed by atoms with Gasteiger partial charge in [0.1, 0.15) is 11.8 Å². The molecule has 20 heavy (non-hydrogen) atoms. The summed E-state index contributed by atoms with van der Waals surface area (Å²) in [5, 5.41) is 3.12. The summed E-state index contributed by atoms with van der Waals surface area (Å²) in [5.74, 6) is 0.282. The maximum absolute atomic E-state index is 11.7. The smallest absolute Gasteiger partial charge is 0.244 e. The molecule has 0 saturated carbocycles. The number of hydrogen-bond acceptors (Lipinski definition) is 3. The van der Waals surface area contributed by atoms with Gasteiger partial charge in [-0.3, -0.25) is 4.79 Å². The largest absolute Gasteiger partial charge is 0.497 e. The van der Waals surface area contributed by atoms with E-state index in [1.54, 1.807) is 7.11 Å². The molecule has 2 aromatic carbocycles. The van der Waals surface area contributed by atoms with Crippen molar-refractivity contribution in [3.8, 4) is 5.75 Å². The molecule has 3 N–H and O–H groups in total. The Morgan fingerprint density at radius 3 is 2.55 bits per heavy atom. The second-order valence-corrected chi connectivity index (χ2v) is 5.18. The van der Waals surface area contributed by atoms with Crippen molar-refractivity contribution >= 4 is 27.5 Å². The number of hydrogen-bond donors (Lipinski definition) is 2. The average Bonchev–Trinajstić information content (AvgIpc) is 2.46. The van der Waals surface area contributed by atoms with Crippen LogP contribution in [0.4, 0.5) is 5.69 Å². The van der Waals surface area contributed by atoms with Crippen LogP contribution in [0.3, 0.4) is 0 Å². The van der Waals surface area contributed by atoms with Crippen LogP contribution in [0, 0.1) is 0 Å². The molecule has 0 saturated heterocycles. The zero-order valence-electron chi connectivity index (χ0n) is 11.0. The second kappa shape index (κ2) is 6.43. The van der Waals surface area contributed by atoms with E-state index in [9.17, 15) is 4.79 Å². The number of anilines is 1. The summed E-state index contributed by atoms with van der Waals surface area (Å²) in [4.78, 5) is 11.7. The molecule has 0 aliphatic heterocycles. The summed E-state index contributed by atoms with van der Waals surface area (Å²) in [5.41, 5.74) is 7.06. The van der Waals surface area contributed by atoms with Crippen LogP contribution in [0.15, 0.2) is 53.0 Å². The molecule has 0 bridgehead atoms. The average molecular weight is 335 g/mol. The molecule has 0 aliphatic rings. The second-order valence-electron chi connectivity index (χ2n) is 4.26. The van der Waals surface area contributed by atoms with Gasteiger partial charge < -0.3 is 15.8 Å². The number of halogens is 1. The molecule has 0 aromatic heterocycles. The Bertz CT molecular complexity index is 599. The summed E-state index contributed by atoms with van der Waals surface area (Å²) in [6, 6.07) is 14.2. The van der Waals surface area contributed by atoms with E-state index in [2.05, 4.69) is 21.2 Å². The molecule has 5 heteroatoms. The quantitative estimate of drug-likeness (QED) is 0.883. The van der Waals surface area contributed by atoms with E-state index in [0.29, 0.717) is 5.75 Å². The highest BCUT2D eigenvalue weighted by molar-refractivity contribution is 9.10. The van der Waals surface area contributed by atoms with Crippen molar-refractivity contribution < 1.29 is 9.53 Å². The number of ether oxygens (including phenoxy) is 1. The zero-order valence-corrected chi connectivity index (χ0v) is 12.6. The standard InChI is InChI=1S/C15H15BrN2O2/c1-20-13-4-2-3-12(9-13)18-14(15(17)19)10-5-7-11(16)8-6-10/h2-9,14,18H,1H3,(H2,17,19)/t14-/m0/s1. The van der Waals surface area contributed by atoms with Gasteiger partial charge >= 0.3 is 0 Å². The number of nitrogens with one attached hydrogen (secondary N) is 1. The first-order valence-electron chi connectivity index (χ1n) is 6.05. The van der Waals surface area contributed by atoms with Gasteiger partial charge in [-0.15, -0.1) is 0 Å². The highest BCUT2D eigenvalue weighted by atomic mass is 79.9. The molecule has 4 nitrogen and oxygen atoms in total.